The van der Waals surface area contributed by atoms with Crippen molar-refractivity contribution in [1.82, 2.24) is 4.98 Å². The molecule has 2 heterocycles. The summed E-state index contributed by atoms with van der Waals surface area (Å²) in [7, 11) is 0. The van der Waals surface area contributed by atoms with Crippen molar-refractivity contribution in [1.29, 1.82) is 0 Å². The zero-order chi connectivity index (χ0) is 22.9. The van der Waals surface area contributed by atoms with E-state index in [-0.39, 0.29) is 42.6 Å². The molecule has 1 fully saturated rings. The third kappa shape index (κ3) is 4.51. The summed E-state index contributed by atoms with van der Waals surface area (Å²) >= 11 is 0. The Morgan fingerprint density at radius 2 is 1.88 bits per heavy atom. The minimum absolute atomic E-state index is 0.0913. The van der Waals surface area contributed by atoms with Crippen molar-refractivity contribution in [3.63, 3.8) is 0 Å². The number of halogens is 3. The first-order valence-electron chi connectivity index (χ1n) is 10.2. The van der Waals surface area contributed by atoms with Gasteiger partial charge < -0.3 is 16.0 Å². The van der Waals surface area contributed by atoms with E-state index >= 15 is 0 Å². The van der Waals surface area contributed by atoms with Crippen molar-refractivity contribution in [3.05, 3.63) is 65.6 Å². The Bertz CT molecular complexity index is 1200. The molecule has 0 radical (unpaired) electrons. The number of carbonyl (C=O) groups excluding carboxylic acids is 2. The fourth-order valence-corrected chi connectivity index (χ4v) is 3.85. The lowest BCUT2D eigenvalue weighted by Gasteiger charge is -2.25. The molecule has 2 aromatic carbocycles. The Labute approximate surface area is 182 Å². The van der Waals surface area contributed by atoms with Crippen LogP contribution in [0.3, 0.4) is 0 Å². The zero-order valence-corrected chi connectivity index (χ0v) is 17.1. The number of rotatable bonds is 4. The van der Waals surface area contributed by atoms with Gasteiger partial charge in [-0.05, 0) is 42.8 Å². The summed E-state index contributed by atoms with van der Waals surface area (Å²) in [5.41, 5.74) is 6.40. The van der Waals surface area contributed by atoms with E-state index in [9.17, 15) is 22.8 Å². The molecule has 0 unspecified atom stereocenters. The van der Waals surface area contributed by atoms with Gasteiger partial charge in [0.1, 0.15) is 5.82 Å². The fraction of sp³-hybridized carbons (Fsp3) is 0.261. The maximum atomic E-state index is 13.9. The van der Waals surface area contributed by atoms with E-state index < -0.39 is 23.6 Å². The highest BCUT2D eigenvalue weighted by Crippen LogP contribution is 2.33. The van der Waals surface area contributed by atoms with Crippen molar-refractivity contribution < 1.29 is 22.8 Å². The SMILES string of the molecule is NC(=O)c1cc(NC(=O)c2cc3cccnc3cc2N2CCCC(F)(F)CC2)ccc1F. The molecule has 2 amide bonds. The largest absolute Gasteiger partial charge is 0.371 e. The summed E-state index contributed by atoms with van der Waals surface area (Å²) in [6.45, 7) is 0.463. The van der Waals surface area contributed by atoms with Gasteiger partial charge in [0.05, 0.1) is 22.3 Å². The van der Waals surface area contributed by atoms with Crippen LogP contribution < -0.4 is 16.0 Å². The molecule has 3 aromatic rings. The van der Waals surface area contributed by atoms with Crippen LogP contribution in [0.5, 0.6) is 0 Å². The van der Waals surface area contributed by atoms with E-state index in [2.05, 4.69) is 10.3 Å². The van der Waals surface area contributed by atoms with Gasteiger partial charge in [-0.15, -0.1) is 0 Å². The second-order valence-corrected chi connectivity index (χ2v) is 7.78. The number of benzene rings is 2. The molecule has 1 saturated heterocycles. The average Bonchev–Trinajstić information content (AvgIpc) is 2.94. The Hall–Kier alpha value is -3.62. The number of alkyl halides is 2. The van der Waals surface area contributed by atoms with Crippen LogP contribution in [0.25, 0.3) is 10.9 Å². The number of nitrogens with one attached hydrogen (secondary N) is 1. The molecule has 1 aromatic heterocycles. The molecule has 4 rings (SSSR count). The van der Waals surface area contributed by atoms with Crippen LogP contribution in [0.2, 0.25) is 0 Å². The Morgan fingerprint density at radius 1 is 1.06 bits per heavy atom. The van der Waals surface area contributed by atoms with Crippen LogP contribution in [-0.4, -0.2) is 35.8 Å². The Balaban J connectivity index is 1.72. The highest BCUT2D eigenvalue weighted by Gasteiger charge is 2.32. The molecule has 0 aliphatic carbocycles. The van der Waals surface area contributed by atoms with E-state index in [0.29, 0.717) is 23.1 Å². The first-order valence-corrected chi connectivity index (χ1v) is 10.2. The zero-order valence-electron chi connectivity index (χ0n) is 17.1. The fourth-order valence-electron chi connectivity index (χ4n) is 3.85. The van der Waals surface area contributed by atoms with Gasteiger partial charge in [0.15, 0.2) is 0 Å². The lowest BCUT2D eigenvalue weighted by molar-refractivity contribution is -0.0102. The molecular weight excluding hydrogens is 421 g/mol. The first kappa shape index (κ1) is 21.6. The average molecular weight is 442 g/mol. The highest BCUT2D eigenvalue weighted by molar-refractivity contribution is 6.11. The van der Waals surface area contributed by atoms with Crippen LogP contribution in [0, 0.1) is 5.82 Å². The van der Waals surface area contributed by atoms with Crippen molar-refractivity contribution >= 4 is 34.1 Å². The maximum Gasteiger partial charge on any atom is 0.257 e. The maximum absolute atomic E-state index is 13.9. The summed E-state index contributed by atoms with van der Waals surface area (Å²) in [6.07, 6.45) is 1.39. The summed E-state index contributed by atoms with van der Waals surface area (Å²) in [5.74, 6) is -5.02. The van der Waals surface area contributed by atoms with Crippen LogP contribution in [0.15, 0.2) is 48.7 Å². The van der Waals surface area contributed by atoms with Gasteiger partial charge in [0, 0.05) is 43.2 Å². The van der Waals surface area contributed by atoms with Crippen molar-refractivity contribution in [2.75, 3.05) is 23.3 Å². The van der Waals surface area contributed by atoms with Gasteiger partial charge >= 0.3 is 0 Å². The third-order valence-corrected chi connectivity index (χ3v) is 5.51. The minimum Gasteiger partial charge on any atom is -0.371 e. The molecule has 0 atom stereocenters. The van der Waals surface area contributed by atoms with E-state index in [1.165, 1.54) is 6.07 Å². The number of anilines is 2. The second-order valence-electron chi connectivity index (χ2n) is 7.78. The highest BCUT2D eigenvalue weighted by atomic mass is 19.3. The monoisotopic (exact) mass is 442 g/mol. The number of fused-ring (bicyclic) bond motifs is 1. The van der Waals surface area contributed by atoms with Crippen LogP contribution in [-0.2, 0) is 0 Å². The number of carbonyl (C=O) groups is 2. The van der Waals surface area contributed by atoms with Gasteiger partial charge in [-0.3, -0.25) is 14.6 Å². The lowest BCUT2D eigenvalue weighted by Crippen LogP contribution is -2.28. The number of pyridine rings is 1. The van der Waals surface area contributed by atoms with Crippen molar-refractivity contribution in [2.24, 2.45) is 5.73 Å². The number of nitrogens with two attached hydrogens (primary N) is 1. The van der Waals surface area contributed by atoms with Crippen LogP contribution in [0.1, 0.15) is 40.0 Å². The van der Waals surface area contributed by atoms with Gasteiger partial charge in [-0.25, -0.2) is 13.2 Å². The van der Waals surface area contributed by atoms with Gasteiger partial charge in [-0.2, -0.15) is 0 Å². The molecule has 3 N–H and O–H groups in total. The van der Waals surface area contributed by atoms with Crippen LogP contribution >= 0.6 is 0 Å². The molecule has 9 heteroatoms. The molecule has 0 spiro atoms. The van der Waals surface area contributed by atoms with Gasteiger partial charge in [0.2, 0.25) is 5.92 Å². The second kappa shape index (κ2) is 8.49. The quantitative estimate of drug-likeness (QED) is 0.629. The third-order valence-electron chi connectivity index (χ3n) is 5.51. The molecule has 0 saturated carbocycles. The number of aromatic nitrogens is 1. The summed E-state index contributed by atoms with van der Waals surface area (Å²) in [6, 6.07) is 10.4. The lowest BCUT2D eigenvalue weighted by atomic mass is 10.1. The smallest absolute Gasteiger partial charge is 0.257 e. The van der Waals surface area contributed by atoms with E-state index in [0.717, 1.165) is 12.1 Å². The molecule has 6 nitrogen and oxygen atoms in total. The van der Waals surface area contributed by atoms with Crippen LogP contribution in [0.4, 0.5) is 24.5 Å². The van der Waals surface area contributed by atoms with Gasteiger partial charge in [-0.1, -0.05) is 6.07 Å². The van der Waals surface area contributed by atoms with E-state index in [1.807, 2.05) is 0 Å². The minimum atomic E-state index is -2.74. The molecule has 166 valence electrons. The van der Waals surface area contributed by atoms with Crippen molar-refractivity contribution in [3.8, 4) is 0 Å². The van der Waals surface area contributed by atoms with E-state index in [1.54, 1.807) is 35.4 Å². The molecule has 1 aliphatic heterocycles. The summed E-state index contributed by atoms with van der Waals surface area (Å²) < 4.78 is 41.6. The topological polar surface area (TPSA) is 88.3 Å². The van der Waals surface area contributed by atoms with Crippen molar-refractivity contribution in [2.45, 2.75) is 25.2 Å². The molecule has 1 aliphatic rings. The number of amides is 2. The van der Waals surface area contributed by atoms with Gasteiger partial charge in [0.25, 0.3) is 11.8 Å². The predicted molar refractivity (Wildman–Crippen MR) is 116 cm³/mol. The molecule has 0 bridgehead atoms. The molecule has 32 heavy (non-hydrogen) atoms. The summed E-state index contributed by atoms with van der Waals surface area (Å²) in [5, 5.41) is 3.36. The van der Waals surface area contributed by atoms with E-state index in [4.69, 9.17) is 5.73 Å². The Kier molecular flexibility index (Phi) is 5.73. The predicted octanol–water partition coefficient (Wildman–Crippen LogP) is 4.35. The standard InChI is InChI=1S/C23H21F3N4O2/c24-18-5-4-15(12-16(18)21(27)31)29-22(32)17-11-14-3-1-8-28-19(14)13-20(17)30-9-2-6-23(25,26)7-10-30/h1,3-5,8,11-13H,2,6-7,9-10H2,(H2,27,31)(H,29,32). The Morgan fingerprint density at radius 3 is 2.66 bits per heavy atom. The normalized spacial score (nSPS) is 15.9. The summed E-state index contributed by atoms with van der Waals surface area (Å²) in [4.78, 5) is 30.7. The number of nitrogens with zero attached hydrogens (tertiary/aromatic N) is 2. The molecular formula is C23H21F3N4O2. The number of hydrogen-bond acceptors (Lipinski definition) is 4. The first-order chi connectivity index (χ1) is 15.2. The number of hydrogen-bond donors (Lipinski definition) is 2. The number of primary amides is 1.